The monoisotopic (exact) mass is 229 g/mol. The van der Waals surface area contributed by atoms with E-state index >= 15 is 0 Å². The van der Waals surface area contributed by atoms with Crippen LogP contribution in [0.25, 0.3) is 0 Å². The number of nitrogens with two attached hydrogens (primary N) is 1. The Balaban J connectivity index is 2.28. The summed E-state index contributed by atoms with van der Waals surface area (Å²) in [6.07, 6.45) is 2.13. The fourth-order valence-corrected chi connectivity index (χ4v) is 2.17. The molecule has 1 nitrogen and oxygen atoms in total. The molecule has 1 aromatic carbocycles. The molecule has 0 radical (unpaired) electrons. The van der Waals surface area contributed by atoms with Gasteiger partial charge in [0.05, 0.1) is 0 Å². The Labute approximate surface area is 95.0 Å². The van der Waals surface area contributed by atoms with E-state index in [0.717, 1.165) is 23.6 Å². The normalized spacial score (nSPS) is 12.8. The molecular formula is C11H16ClNS. The van der Waals surface area contributed by atoms with Crippen molar-refractivity contribution >= 4 is 23.4 Å². The molecule has 78 valence electrons. The van der Waals surface area contributed by atoms with Crippen LogP contribution in [-0.2, 0) is 0 Å². The number of benzene rings is 1. The molecule has 1 atom stereocenters. The fraction of sp³-hybridized carbons (Fsp3) is 0.455. The van der Waals surface area contributed by atoms with Gasteiger partial charge in [-0.2, -0.15) is 0 Å². The van der Waals surface area contributed by atoms with Crippen molar-refractivity contribution in [2.75, 3.05) is 5.75 Å². The first kappa shape index (κ1) is 11.9. The predicted molar refractivity (Wildman–Crippen MR) is 65.1 cm³/mol. The molecule has 0 aromatic heterocycles. The number of thioether (sulfide) groups is 1. The summed E-state index contributed by atoms with van der Waals surface area (Å²) in [5.41, 5.74) is 5.83. The minimum Gasteiger partial charge on any atom is -0.328 e. The molecule has 0 aliphatic rings. The van der Waals surface area contributed by atoms with Crippen molar-refractivity contribution in [3.05, 3.63) is 29.3 Å². The summed E-state index contributed by atoms with van der Waals surface area (Å²) in [5.74, 6) is 1.08. The molecule has 0 aliphatic heterocycles. The van der Waals surface area contributed by atoms with Crippen molar-refractivity contribution in [3.63, 3.8) is 0 Å². The first-order valence-corrected chi connectivity index (χ1v) is 6.22. The van der Waals surface area contributed by atoms with Crippen LogP contribution < -0.4 is 5.73 Å². The summed E-state index contributed by atoms with van der Waals surface area (Å²) in [6.45, 7) is 2.12. The highest BCUT2D eigenvalue weighted by Crippen LogP contribution is 2.21. The topological polar surface area (TPSA) is 26.0 Å². The second-order valence-electron chi connectivity index (χ2n) is 3.26. The molecule has 1 unspecified atom stereocenters. The van der Waals surface area contributed by atoms with Gasteiger partial charge in [-0.25, -0.2) is 0 Å². The van der Waals surface area contributed by atoms with Crippen LogP contribution in [0.4, 0.5) is 0 Å². The smallest absolute Gasteiger partial charge is 0.0406 e. The minimum absolute atomic E-state index is 0.342. The predicted octanol–water partition coefficient (Wildman–Crippen LogP) is 3.56. The molecular weight excluding hydrogens is 214 g/mol. The number of hydrogen-bond donors (Lipinski definition) is 1. The second kappa shape index (κ2) is 6.33. The molecule has 14 heavy (non-hydrogen) atoms. The van der Waals surface area contributed by atoms with E-state index in [1.54, 1.807) is 0 Å². The molecule has 0 bridgehead atoms. The van der Waals surface area contributed by atoms with Crippen molar-refractivity contribution in [1.29, 1.82) is 0 Å². The van der Waals surface area contributed by atoms with Gasteiger partial charge in [-0.3, -0.25) is 0 Å². The average Bonchev–Trinajstić information content (AvgIpc) is 2.21. The highest BCUT2D eigenvalue weighted by atomic mass is 35.5. The lowest BCUT2D eigenvalue weighted by molar-refractivity contribution is 0.634. The zero-order chi connectivity index (χ0) is 10.4. The van der Waals surface area contributed by atoms with Crippen LogP contribution in [0.1, 0.15) is 19.8 Å². The second-order valence-corrected chi connectivity index (χ2v) is 4.86. The van der Waals surface area contributed by atoms with Gasteiger partial charge in [0, 0.05) is 16.0 Å². The molecule has 0 spiro atoms. The van der Waals surface area contributed by atoms with Gasteiger partial charge in [-0.05, 0) is 42.9 Å². The quantitative estimate of drug-likeness (QED) is 0.782. The van der Waals surface area contributed by atoms with E-state index in [4.69, 9.17) is 17.3 Å². The van der Waals surface area contributed by atoms with Gasteiger partial charge in [0.1, 0.15) is 0 Å². The molecule has 1 rings (SSSR count). The van der Waals surface area contributed by atoms with E-state index in [-0.39, 0.29) is 0 Å². The van der Waals surface area contributed by atoms with Crippen LogP contribution in [0, 0.1) is 0 Å². The van der Waals surface area contributed by atoms with E-state index in [1.807, 2.05) is 36.0 Å². The molecule has 0 fully saturated rings. The van der Waals surface area contributed by atoms with Crippen LogP contribution >= 0.6 is 23.4 Å². The lowest BCUT2D eigenvalue weighted by atomic mass is 10.2. The molecule has 0 saturated carbocycles. The Morgan fingerprint density at radius 2 is 2.00 bits per heavy atom. The Kier molecular flexibility index (Phi) is 5.38. The van der Waals surface area contributed by atoms with Gasteiger partial charge < -0.3 is 5.73 Å². The molecule has 0 amide bonds. The lowest BCUT2D eigenvalue weighted by Crippen LogP contribution is -2.18. The maximum Gasteiger partial charge on any atom is 0.0406 e. The first-order valence-electron chi connectivity index (χ1n) is 4.86. The van der Waals surface area contributed by atoms with Crippen molar-refractivity contribution in [2.24, 2.45) is 5.73 Å². The largest absolute Gasteiger partial charge is 0.328 e. The third-order valence-corrected chi connectivity index (χ3v) is 3.39. The molecule has 0 aliphatic carbocycles. The first-order chi connectivity index (χ1) is 6.72. The van der Waals surface area contributed by atoms with E-state index < -0.39 is 0 Å². The van der Waals surface area contributed by atoms with E-state index in [2.05, 4.69) is 6.92 Å². The highest BCUT2D eigenvalue weighted by Gasteiger charge is 1.99. The molecule has 0 heterocycles. The van der Waals surface area contributed by atoms with Crippen LogP contribution in [0.3, 0.4) is 0 Å². The fourth-order valence-electron chi connectivity index (χ4n) is 1.06. The highest BCUT2D eigenvalue weighted by molar-refractivity contribution is 7.99. The van der Waals surface area contributed by atoms with Crippen molar-refractivity contribution in [3.8, 4) is 0 Å². The van der Waals surface area contributed by atoms with Crippen molar-refractivity contribution < 1.29 is 0 Å². The third-order valence-electron chi connectivity index (χ3n) is 2.10. The summed E-state index contributed by atoms with van der Waals surface area (Å²) >= 11 is 7.62. The van der Waals surface area contributed by atoms with Crippen LogP contribution in [0.15, 0.2) is 29.2 Å². The molecule has 3 heteroatoms. The van der Waals surface area contributed by atoms with Crippen molar-refractivity contribution in [2.45, 2.75) is 30.7 Å². The zero-order valence-electron chi connectivity index (χ0n) is 8.37. The van der Waals surface area contributed by atoms with Crippen LogP contribution in [-0.4, -0.2) is 11.8 Å². The SMILES string of the molecule is CCC(N)CCSc1ccc(Cl)cc1. The summed E-state index contributed by atoms with van der Waals surface area (Å²) in [4.78, 5) is 1.26. The van der Waals surface area contributed by atoms with Gasteiger partial charge in [0.25, 0.3) is 0 Å². The van der Waals surface area contributed by atoms with E-state index in [9.17, 15) is 0 Å². The van der Waals surface area contributed by atoms with Crippen molar-refractivity contribution in [1.82, 2.24) is 0 Å². The Morgan fingerprint density at radius 3 is 2.57 bits per heavy atom. The standard InChI is InChI=1S/C11H16ClNS/c1-2-10(13)7-8-14-11-5-3-9(12)4-6-11/h3-6,10H,2,7-8,13H2,1H3. The maximum absolute atomic E-state index is 5.83. The summed E-state index contributed by atoms with van der Waals surface area (Å²) in [6, 6.07) is 8.28. The Morgan fingerprint density at radius 1 is 1.36 bits per heavy atom. The Hall–Kier alpha value is -0.180. The lowest BCUT2D eigenvalue weighted by Gasteiger charge is -2.07. The van der Waals surface area contributed by atoms with E-state index in [1.165, 1.54) is 4.90 Å². The average molecular weight is 230 g/mol. The van der Waals surface area contributed by atoms with Crippen LogP contribution in [0.5, 0.6) is 0 Å². The van der Waals surface area contributed by atoms with Gasteiger partial charge in [-0.15, -0.1) is 11.8 Å². The minimum atomic E-state index is 0.342. The van der Waals surface area contributed by atoms with Gasteiger partial charge in [-0.1, -0.05) is 18.5 Å². The Bertz CT molecular complexity index is 260. The van der Waals surface area contributed by atoms with E-state index in [0.29, 0.717) is 6.04 Å². The summed E-state index contributed by atoms with van der Waals surface area (Å²) in [7, 11) is 0. The summed E-state index contributed by atoms with van der Waals surface area (Å²) in [5, 5.41) is 0.791. The molecule has 1 aromatic rings. The number of rotatable bonds is 5. The maximum atomic E-state index is 5.83. The summed E-state index contributed by atoms with van der Waals surface area (Å²) < 4.78 is 0. The third kappa shape index (κ3) is 4.36. The number of hydrogen-bond acceptors (Lipinski definition) is 2. The molecule has 2 N–H and O–H groups in total. The van der Waals surface area contributed by atoms with Gasteiger partial charge in [0.2, 0.25) is 0 Å². The van der Waals surface area contributed by atoms with Gasteiger partial charge >= 0.3 is 0 Å². The number of halogens is 1. The van der Waals surface area contributed by atoms with Crippen LogP contribution in [0.2, 0.25) is 5.02 Å². The zero-order valence-corrected chi connectivity index (χ0v) is 9.94. The molecule has 0 saturated heterocycles. The van der Waals surface area contributed by atoms with Gasteiger partial charge in [0.15, 0.2) is 0 Å².